The molecule has 6 heteroatoms. The fourth-order valence-corrected chi connectivity index (χ4v) is 4.70. The molecule has 0 radical (unpaired) electrons. The third-order valence-corrected chi connectivity index (χ3v) is 6.37. The van der Waals surface area contributed by atoms with Crippen molar-refractivity contribution in [2.75, 3.05) is 26.2 Å². The van der Waals surface area contributed by atoms with Crippen LogP contribution >= 0.6 is 0 Å². The molecule has 1 aromatic carbocycles. The van der Waals surface area contributed by atoms with Gasteiger partial charge in [0.1, 0.15) is 5.76 Å². The SMILES string of the molecule is O=C(NCc1ccco1)C(C1CCCC1)N1CCN(C(=O)/C=C/c2ccccc2)CC1. The van der Waals surface area contributed by atoms with Crippen molar-refractivity contribution in [2.45, 2.75) is 38.3 Å². The Morgan fingerprint density at radius 2 is 1.77 bits per heavy atom. The lowest BCUT2D eigenvalue weighted by Gasteiger charge is -2.40. The number of nitrogens with zero attached hydrogens (tertiary/aromatic N) is 2. The minimum absolute atomic E-state index is 0.0307. The predicted molar refractivity (Wildman–Crippen MR) is 120 cm³/mol. The topological polar surface area (TPSA) is 65.8 Å². The quantitative estimate of drug-likeness (QED) is 0.697. The Bertz CT molecular complexity index is 865. The first-order valence-corrected chi connectivity index (χ1v) is 11.3. The maximum Gasteiger partial charge on any atom is 0.246 e. The number of amides is 2. The third kappa shape index (κ3) is 5.64. The summed E-state index contributed by atoms with van der Waals surface area (Å²) >= 11 is 0. The summed E-state index contributed by atoms with van der Waals surface area (Å²) < 4.78 is 5.35. The maximum atomic E-state index is 13.1. The van der Waals surface area contributed by atoms with Gasteiger partial charge in [-0.15, -0.1) is 0 Å². The number of carbonyl (C=O) groups is 2. The van der Waals surface area contributed by atoms with Gasteiger partial charge in [-0.2, -0.15) is 0 Å². The van der Waals surface area contributed by atoms with Gasteiger partial charge in [-0.05, 0) is 42.5 Å². The summed E-state index contributed by atoms with van der Waals surface area (Å²) in [6, 6.07) is 13.4. The van der Waals surface area contributed by atoms with Crippen LogP contribution in [0.15, 0.2) is 59.2 Å². The van der Waals surface area contributed by atoms with Crippen LogP contribution in [0.5, 0.6) is 0 Å². The molecule has 2 aliphatic rings. The lowest BCUT2D eigenvalue weighted by atomic mass is 9.95. The van der Waals surface area contributed by atoms with Crippen LogP contribution in [0.2, 0.25) is 0 Å². The predicted octanol–water partition coefficient (Wildman–Crippen LogP) is 3.31. The van der Waals surface area contributed by atoms with E-state index in [0.29, 0.717) is 25.6 Å². The smallest absolute Gasteiger partial charge is 0.246 e. The second-order valence-corrected chi connectivity index (χ2v) is 8.39. The largest absolute Gasteiger partial charge is 0.467 e. The molecule has 2 amide bonds. The highest BCUT2D eigenvalue weighted by Crippen LogP contribution is 2.31. The first-order chi connectivity index (χ1) is 15.2. The number of benzene rings is 1. The Labute approximate surface area is 183 Å². The van der Waals surface area contributed by atoms with Gasteiger partial charge in [-0.1, -0.05) is 43.2 Å². The highest BCUT2D eigenvalue weighted by Gasteiger charge is 2.37. The second-order valence-electron chi connectivity index (χ2n) is 8.39. The van der Waals surface area contributed by atoms with Crippen molar-refractivity contribution < 1.29 is 14.0 Å². The molecule has 1 N–H and O–H groups in total. The van der Waals surface area contributed by atoms with Crippen LogP contribution in [-0.2, 0) is 16.1 Å². The molecule has 0 bridgehead atoms. The number of furan rings is 1. The normalized spacial score (nSPS) is 19.0. The molecule has 2 aromatic rings. The van der Waals surface area contributed by atoms with E-state index in [4.69, 9.17) is 4.42 Å². The number of hydrogen-bond acceptors (Lipinski definition) is 4. The molecule has 1 aromatic heterocycles. The summed E-state index contributed by atoms with van der Waals surface area (Å²) in [6.45, 7) is 3.15. The van der Waals surface area contributed by atoms with Crippen LogP contribution in [0.1, 0.15) is 37.0 Å². The van der Waals surface area contributed by atoms with Gasteiger partial charge in [-0.25, -0.2) is 0 Å². The second kappa shape index (κ2) is 10.4. The number of rotatable bonds is 7. The Morgan fingerprint density at radius 1 is 1.03 bits per heavy atom. The Kier molecular flexibility index (Phi) is 7.20. The van der Waals surface area contributed by atoms with Crippen molar-refractivity contribution in [3.8, 4) is 0 Å². The summed E-state index contributed by atoms with van der Waals surface area (Å²) in [4.78, 5) is 29.9. The first kappa shape index (κ1) is 21.4. The van der Waals surface area contributed by atoms with Crippen molar-refractivity contribution in [1.29, 1.82) is 0 Å². The van der Waals surface area contributed by atoms with Gasteiger partial charge in [-0.3, -0.25) is 14.5 Å². The summed E-state index contributed by atoms with van der Waals surface area (Å²) in [7, 11) is 0. The van der Waals surface area contributed by atoms with Crippen LogP contribution in [0.4, 0.5) is 0 Å². The fourth-order valence-electron chi connectivity index (χ4n) is 4.70. The van der Waals surface area contributed by atoms with Crippen LogP contribution in [-0.4, -0.2) is 53.8 Å². The number of hydrogen-bond donors (Lipinski definition) is 1. The molecule has 31 heavy (non-hydrogen) atoms. The summed E-state index contributed by atoms with van der Waals surface area (Å²) in [6.07, 6.45) is 9.70. The first-order valence-electron chi connectivity index (χ1n) is 11.3. The van der Waals surface area contributed by atoms with Crippen molar-refractivity contribution in [1.82, 2.24) is 15.1 Å². The monoisotopic (exact) mass is 421 g/mol. The molecule has 2 fully saturated rings. The van der Waals surface area contributed by atoms with Gasteiger partial charge < -0.3 is 14.6 Å². The molecule has 2 heterocycles. The molecule has 1 aliphatic carbocycles. The van der Waals surface area contributed by atoms with Crippen LogP contribution in [0, 0.1) is 5.92 Å². The minimum Gasteiger partial charge on any atom is -0.467 e. The summed E-state index contributed by atoms with van der Waals surface area (Å²) in [5, 5.41) is 3.07. The van der Waals surface area contributed by atoms with Crippen molar-refractivity contribution in [3.05, 3.63) is 66.1 Å². The molecule has 164 valence electrons. The highest BCUT2D eigenvalue weighted by atomic mass is 16.3. The number of piperazine rings is 1. The molecule has 0 spiro atoms. The zero-order valence-corrected chi connectivity index (χ0v) is 17.9. The van der Waals surface area contributed by atoms with Gasteiger partial charge in [0.25, 0.3) is 0 Å². The summed E-state index contributed by atoms with van der Waals surface area (Å²) in [5.41, 5.74) is 1.02. The Balaban J connectivity index is 1.34. The van der Waals surface area contributed by atoms with E-state index in [0.717, 1.165) is 37.3 Å². The van der Waals surface area contributed by atoms with Gasteiger partial charge in [0.05, 0.1) is 18.8 Å². The van der Waals surface area contributed by atoms with E-state index in [2.05, 4.69) is 10.2 Å². The maximum absolute atomic E-state index is 13.1. The van der Waals surface area contributed by atoms with E-state index in [1.807, 2.05) is 53.4 Å². The number of carbonyl (C=O) groups excluding carboxylic acids is 2. The summed E-state index contributed by atoms with van der Waals surface area (Å²) in [5.74, 6) is 1.26. The van der Waals surface area contributed by atoms with Crippen LogP contribution in [0.25, 0.3) is 6.08 Å². The average Bonchev–Trinajstić information content (AvgIpc) is 3.52. The minimum atomic E-state index is -0.130. The fraction of sp³-hybridized carbons (Fsp3) is 0.440. The molecule has 1 unspecified atom stereocenters. The van der Waals surface area contributed by atoms with Crippen molar-refractivity contribution in [3.63, 3.8) is 0 Å². The molecular formula is C25H31N3O3. The Morgan fingerprint density at radius 3 is 2.45 bits per heavy atom. The van der Waals surface area contributed by atoms with Crippen LogP contribution < -0.4 is 5.32 Å². The highest BCUT2D eigenvalue weighted by molar-refractivity contribution is 5.91. The molecule has 4 rings (SSSR count). The molecule has 1 saturated heterocycles. The zero-order chi connectivity index (χ0) is 21.5. The van der Waals surface area contributed by atoms with Crippen molar-refractivity contribution in [2.24, 2.45) is 5.92 Å². The van der Waals surface area contributed by atoms with Gasteiger partial charge in [0, 0.05) is 32.3 Å². The zero-order valence-electron chi connectivity index (χ0n) is 17.9. The molecule has 1 saturated carbocycles. The number of nitrogens with one attached hydrogen (secondary N) is 1. The average molecular weight is 422 g/mol. The molecule has 1 atom stereocenters. The Hall–Kier alpha value is -2.86. The van der Waals surface area contributed by atoms with Crippen LogP contribution in [0.3, 0.4) is 0 Å². The van der Waals surface area contributed by atoms with E-state index < -0.39 is 0 Å². The van der Waals surface area contributed by atoms with Gasteiger partial charge >= 0.3 is 0 Å². The van der Waals surface area contributed by atoms with E-state index in [-0.39, 0.29) is 17.9 Å². The molecular weight excluding hydrogens is 390 g/mol. The third-order valence-electron chi connectivity index (χ3n) is 6.37. The molecule has 6 nitrogen and oxygen atoms in total. The van der Waals surface area contributed by atoms with E-state index in [9.17, 15) is 9.59 Å². The van der Waals surface area contributed by atoms with Gasteiger partial charge in [0.15, 0.2) is 0 Å². The lowest BCUT2D eigenvalue weighted by molar-refractivity contribution is -0.132. The van der Waals surface area contributed by atoms with E-state index in [1.165, 1.54) is 12.8 Å². The lowest BCUT2D eigenvalue weighted by Crippen LogP contribution is -2.57. The van der Waals surface area contributed by atoms with Crippen molar-refractivity contribution >= 4 is 17.9 Å². The van der Waals surface area contributed by atoms with Gasteiger partial charge in [0.2, 0.25) is 11.8 Å². The standard InChI is InChI=1S/C25H31N3O3/c29-23(13-12-20-7-2-1-3-8-20)27-14-16-28(17-15-27)24(21-9-4-5-10-21)25(30)26-19-22-11-6-18-31-22/h1-3,6-8,11-13,18,21,24H,4-5,9-10,14-17,19H2,(H,26,30)/b13-12+. The molecule has 1 aliphatic heterocycles. The van der Waals surface area contributed by atoms with E-state index >= 15 is 0 Å². The van der Waals surface area contributed by atoms with E-state index in [1.54, 1.807) is 12.3 Å².